The van der Waals surface area contributed by atoms with E-state index in [4.69, 9.17) is 10.9 Å². The highest BCUT2D eigenvalue weighted by atomic mass is 32.2. The van der Waals surface area contributed by atoms with Crippen LogP contribution in [0, 0.1) is 0 Å². The second-order valence-electron chi connectivity index (χ2n) is 3.77. The summed E-state index contributed by atoms with van der Waals surface area (Å²) in [6.07, 6.45) is -3.54. The van der Waals surface area contributed by atoms with Gasteiger partial charge in [-0.05, 0) is 6.07 Å². The molecule has 0 aromatic heterocycles. The standard InChI is InChI=1S/C10H14N2O5S/c11-9(14)5-7(13)10(15)6-3-1-2-4-8(6)18(12,16)17/h1-4,7,10,13,15H,5H2,(H2,11,14)(H2,12,16,17). The van der Waals surface area contributed by atoms with Crippen molar-refractivity contribution in [2.24, 2.45) is 10.9 Å². The molecule has 1 rings (SSSR count). The summed E-state index contributed by atoms with van der Waals surface area (Å²) < 4.78 is 22.6. The lowest BCUT2D eigenvalue weighted by molar-refractivity contribution is -0.121. The van der Waals surface area contributed by atoms with Crippen molar-refractivity contribution in [1.82, 2.24) is 0 Å². The van der Waals surface area contributed by atoms with E-state index in [0.29, 0.717) is 0 Å². The highest BCUT2D eigenvalue weighted by molar-refractivity contribution is 7.89. The van der Waals surface area contributed by atoms with Crippen molar-refractivity contribution in [1.29, 1.82) is 0 Å². The number of benzene rings is 1. The summed E-state index contributed by atoms with van der Waals surface area (Å²) in [7, 11) is -4.03. The predicted molar refractivity (Wildman–Crippen MR) is 62.6 cm³/mol. The number of hydrogen-bond acceptors (Lipinski definition) is 5. The third-order valence-electron chi connectivity index (χ3n) is 2.32. The second-order valence-corrected chi connectivity index (χ2v) is 5.30. The Morgan fingerprint density at radius 2 is 1.83 bits per heavy atom. The third-order valence-corrected chi connectivity index (χ3v) is 3.30. The van der Waals surface area contributed by atoms with Crippen LogP contribution >= 0.6 is 0 Å². The van der Waals surface area contributed by atoms with Crippen molar-refractivity contribution in [3.8, 4) is 0 Å². The SMILES string of the molecule is NC(=O)CC(O)C(O)c1ccccc1S(N)(=O)=O. The molecule has 1 amide bonds. The van der Waals surface area contributed by atoms with E-state index in [2.05, 4.69) is 0 Å². The fourth-order valence-electron chi connectivity index (χ4n) is 1.51. The molecule has 0 aliphatic carbocycles. The van der Waals surface area contributed by atoms with Gasteiger partial charge < -0.3 is 15.9 Å². The molecule has 0 spiro atoms. The Balaban J connectivity index is 3.14. The van der Waals surface area contributed by atoms with E-state index >= 15 is 0 Å². The minimum atomic E-state index is -4.03. The molecule has 0 aliphatic rings. The Bertz CT molecular complexity index is 543. The molecule has 0 radical (unpaired) electrons. The van der Waals surface area contributed by atoms with Crippen molar-refractivity contribution in [3.05, 3.63) is 29.8 Å². The Hall–Kier alpha value is -1.48. The molecule has 2 unspecified atom stereocenters. The van der Waals surface area contributed by atoms with Crippen molar-refractivity contribution in [2.45, 2.75) is 23.5 Å². The molecule has 0 bridgehead atoms. The normalized spacial score (nSPS) is 15.1. The first-order valence-electron chi connectivity index (χ1n) is 4.99. The lowest BCUT2D eigenvalue weighted by Crippen LogP contribution is -2.27. The zero-order valence-corrected chi connectivity index (χ0v) is 10.2. The smallest absolute Gasteiger partial charge is 0.238 e. The summed E-state index contributed by atoms with van der Waals surface area (Å²) in [6.45, 7) is 0. The zero-order chi connectivity index (χ0) is 13.9. The van der Waals surface area contributed by atoms with Crippen LogP contribution in [-0.2, 0) is 14.8 Å². The summed E-state index contributed by atoms with van der Waals surface area (Å²) in [5, 5.41) is 24.3. The monoisotopic (exact) mass is 274 g/mol. The number of aliphatic hydroxyl groups is 2. The molecule has 0 heterocycles. The van der Waals surface area contributed by atoms with E-state index in [1.807, 2.05) is 0 Å². The number of nitrogens with two attached hydrogens (primary N) is 2. The molecule has 2 atom stereocenters. The van der Waals surface area contributed by atoms with E-state index in [1.54, 1.807) is 0 Å². The van der Waals surface area contributed by atoms with Gasteiger partial charge in [-0.2, -0.15) is 0 Å². The molecular formula is C10H14N2O5S. The van der Waals surface area contributed by atoms with E-state index in [-0.39, 0.29) is 10.5 Å². The fraction of sp³-hybridized carbons (Fsp3) is 0.300. The molecular weight excluding hydrogens is 260 g/mol. The second kappa shape index (κ2) is 5.44. The number of amides is 1. The molecule has 1 aromatic rings. The number of carbonyl (C=O) groups is 1. The van der Waals surface area contributed by atoms with Gasteiger partial charge >= 0.3 is 0 Å². The van der Waals surface area contributed by atoms with Gasteiger partial charge in [0.2, 0.25) is 15.9 Å². The average Bonchev–Trinajstić information content (AvgIpc) is 2.26. The van der Waals surface area contributed by atoms with Crippen LogP contribution in [-0.4, -0.2) is 30.6 Å². The van der Waals surface area contributed by atoms with Gasteiger partial charge in [0.05, 0.1) is 17.4 Å². The maximum absolute atomic E-state index is 11.3. The van der Waals surface area contributed by atoms with Crippen LogP contribution < -0.4 is 10.9 Å². The summed E-state index contributed by atoms with van der Waals surface area (Å²) in [4.78, 5) is 10.3. The summed E-state index contributed by atoms with van der Waals surface area (Å²) in [5.41, 5.74) is 4.80. The molecule has 18 heavy (non-hydrogen) atoms. The lowest BCUT2D eigenvalue weighted by Gasteiger charge is -2.18. The molecule has 0 aliphatic heterocycles. The number of aliphatic hydroxyl groups excluding tert-OH is 2. The van der Waals surface area contributed by atoms with Gasteiger partial charge in [-0.15, -0.1) is 0 Å². The van der Waals surface area contributed by atoms with E-state index in [9.17, 15) is 23.4 Å². The van der Waals surface area contributed by atoms with Gasteiger partial charge in [0.25, 0.3) is 0 Å². The molecule has 0 saturated heterocycles. The first kappa shape index (κ1) is 14.6. The first-order valence-corrected chi connectivity index (χ1v) is 6.54. The molecule has 7 nitrogen and oxygen atoms in total. The Labute approximate surface area is 104 Å². The number of rotatable bonds is 5. The van der Waals surface area contributed by atoms with Crippen LogP contribution in [0.5, 0.6) is 0 Å². The average molecular weight is 274 g/mol. The fourth-order valence-corrected chi connectivity index (χ4v) is 2.29. The molecule has 0 fully saturated rings. The van der Waals surface area contributed by atoms with Crippen LogP contribution in [0.4, 0.5) is 0 Å². The molecule has 8 heteroatoms. The predicted octanol–water partition coefficient (Wildman–Crippen LogP) is -1.40. The minimum Gasteiger partial charge on any atom is -0.390 e. The maximum atomic E-state index is 11.3. The Morgan fingerprint density at radius 3 is 2.33 bits per heavy atom. The molecule has 0 saturated carbocycles. The van der Waals surface area contributed by atoms with Gasteiger partial charge in [-0.3, -0.25) is 4.79 Å². The van der Waals surface area contributed by atoms with Crippen molar-refractivity contribution in [3.63, 3.8) is 0 Å². The van der Waals surface area contributed by atoms with Crippen LogP contribution in [0.1, 0.15) is 18.1 Å². The topological polar surface area (TPSA) is 144 Å². The number of carbonyl (C=O) groups excluding carboxylic acids is 1. The number of sulfonamides is 1. The van der Waals surface area contributed by atoms with E-state index < -0.39 is 34.6 Å². The van der Waals surface area contributed by atoms with Crippen LogP contribution in [0.2, 0.25) is 0 Å². The van der Waals surface area contributed by atoms with Crippen molar-refractivity contribution >= 4 is 15.9 Å². The van der Waals surface area contributed by atoms with E-state index in [1.165, 1.54) is 24.3 Å². The number of hydrogen-bond donors (Lipinski definition) is 4. The maximum Gasteiger partial charge on any atom is 0.238 e. The summed E-state index contributed by atoms with van der Waals surface area (Å²) in [5.74, 6) is -0.811. The van der Waals surface area contributed by atoms with Gasteiger partial charge in [-0.25, -0.2) is 13.6 Å². The largest absolute Gasteiger partial charge is 0.390 e. The minimum absolute atomic E-state index is 0.0752. The quantitative estimate of drug-likeness (QED) is 0.522. The Kier molecular flexibility index (Phi) is 4.41. The highest BCUT2D eigenvalue weighted by Gasteiger charge is 2.25. The van der Waals surface area contributed by atoms with Crippen LogP contribution in [0.25, 0.3) is 0 Å². The van der Waals surface area contributed by atoms with Crippen molar-refractivity contribution in [2.75, 3.05) is 0 Å². The Morgan fingerprint density at radius 1 is 1.28 bits per heavy atom. The van der Waals surface area contributed by atoms with Crippen molar-refractivity contribution < 1.29 is 23.4 Å². The summed E-state index contributed by atoms with van der Waals surface area (Å²) >= 11 is 0. The molecule has 1 aromatic carbocycles. The zero-order valence-electron chi connectivity index (χ0n) is 9.35. The van der Waals surface area contributed by atoms with Gasteiger partial charge in [0, 0.05) is 5.56 Å². The van der Waals surface area contributed by atoms with Gasteiger partial charge in [0.15, 0.2) is 0 Å². The van der Waals surface area contributed by atoms with E-state index in [0.717, 1.165) is 0 Å². The molecule has 6 N–H and O–H groups in total. The highest BCUT2D eigenvalue weighted by Crippen LogP contribution is 2.25. The third kappa shape index (κ3) is 3.50. The first-order chi connectivity index (χ1) is 8.23. The molecule has 100 valence electrons. The summed E-state index contributed by atoms with van der Waals surface area (Å²) in [6, 6.07) is 5.40. The lowest BCUT2D eigenvalue weighted by atomic mass is 10.0. The van der Waals surface area contributed by atoms with Gasteiger partial charge in [0.1, 0.15) is 6.10 Å². The van der Waals surface area contributed by atoms with Crippen LogP contribution in [0.15, 0.2) is 29.2 Å². The van der Waals surface area contributed by atoms with Crippen LogP contribution in [0.3, 0.4) is 0 Å². The number of primary amides is 1. The van der Waals surface area contributed by atoms with Gasteiger partial charge in [-0.1, -0.05) is 18.2 Å². The number of primary sulfonamides is 1.